The quantitative estimate of drug-likeness (QED) is 0.467. The van der Waals surface area contributed by atoms with Crippen LogP contribution in [0.15, 0.2) is 76.7 Å². The lowest BCUT2D eigenvalue weighted by atomic mass is 10.1. The Labute approximate surface area is 161 Å². The molecule has 1 aliphatic heterocycles. The van der Waals surface area contributed by atoms with E-state index in [0.29, 0.717) is 18.2 Å². The van der Waals surface area contributed by atoms with Gasteiger partial charge in [-0.15, -0.1) is 11.3 Å². The van der Waals surface area contributed by atoms with Gasteiger partial charge in [0.2, 0.25) is 5.90 Å². The Bertz CT molecular complexity index is 1020. The molecule has 0 saturated carbocycles. The lowest BCUT2D eigenvalue weighted by Gasteiger charge is -2.08. The largest absolute Gasteiger partial charge is 0.489 e. The van der Waals surface area contributed by atoms with Crippen molar-refractivity contribution in [3.8, 4) is 5.75 Å². The monoisotopic (exact) mass is 375 g/mol. The van der Waals surface area contributed by atoms with E-state index in [4.69, 9.17) is 9.47 Å². The van der Waals surface area contributed by atoms with E-state index in [1.807, 2.05) is 53.9 Å². The van der Waals surface area contributed by atoms with Gasteiger partial charge in [0.15, 0.2) is 5.70 Å². The van der Waals surface area contributed by atoms with Crippen LogP contribution in [0.2, 0.25) is 0 Å². The highest BCUT2D eigenvalue weighted by molar-refractivity contribution is 7.12. The van der Waals surface area contributed by atoms with Crippen molar-refractivity contribution in [2.24, 2.45) is 4.99 Å². The summed E-state index contributed by atoms with van der Waals surface area (Å²) in [5, 5.41) is 1.92. The van der Waals surface area contributed by atoms with Crippen molar-refractivity contribution in [2.75, 3.05) is 0 Å². The summed E-state index contributed by atoms with van der Waals surface area (Å²) in [6.07, 6.45) is 1.72. The van der Waals surface area contributed by atoms with Gasteiger partial charge in [-0.3, -0.25) is 0 Å². The highest BCUT2D eigenvalue weighted by Crippen LogP contribution is 2.23. The second-order valence-electron chi connectivity index (χ2n) is 6.10. The highest BCUT2D eigenvalue weighted by atomic mass is 32.1. The van der Waals surface area contributed by atoms with Crippen molar-refractivity contribution in [2.45, 2.75) is 13.5 Å². The van der Waals surface area contributed by atoms with Gasteiger partial charge in [-0.25, -0.2) is 9.79 Å². The van der Waals surface area contributed by atoms with Crippen molar-refractivity contribution in [3.63, 3.8) is 0 Å². The average molecular weight is 375 g/mol. The molecule has 0 aliphatic carbocycles. The van der Waals surface area contributed by atoms with E-state index in [9.17, 15) is 4.79 Å². The number of thiophene rings is 1. The fraction of sp³-hybridized carbons (Fsp3) is 0.0909. The van der Waals surface area contributed by atoms with E-state index in [0.717, 1.165) is 21.8 Å². The summed E-state index contributed by atoms with van der Waals surface area (Å²) >= 11 is 1.49. The van der Waals surface area contributed by atoms with Crippen molar-refractivity contribution in [3.05, 3.63) is 93.3 Å². The first-order valence-electron chi connectivity index (χ1n) is 8.53. The van der Waals surface area contributed by atoms with Gasteiger partial charge >= 0.3 is 5.97 Å². The fourth-order valence-corrected chi connectivity index (χ4v) is 3.32. The average Bonchev–Trinajstić information content (AvgIpc) is 3.33. The van der Waals surface area contributed by atoms with Gasteiger partial charge in [-0.1, -0.05) is 42.5 Å². The minimum atomic E-state index is -0.432. The Kier molecular flexibility index (Phi) is 4.85. The van der Waals surface area contributed by atoms with E-state index < -0.39 is 5.97 Å². The molecule has 2 heterocycles. The van der Waals surface area contributed by atoms with E-state index in [1.165, 1.54) is 16.9 Å². The lowest BCUT2D eigenvalue weighted by Crippen LogP contribution is -2.03. The zero-order chi connectivity index (χ0) is 18.6. The number of carbonyl (C=O) groups is 1. The summed E-state index contributed by atoms with van der Waals surface area (Å²) in [7, 11) is 0. The standard InChI is InChI=1S/C22H17NO3S/c1-15-5-2-3-6-17(15)14-25-18-10-8-16(9-11-18)13-19-22(24)26-21(23-19)20-7-4-12-27-20/h2-13H,14H2,1H3/b19-13-. The number of nitrogens with zero attached hydrogens (tertiary/aromatic N) is 1. The Morgan fingerprint density at radius 3 is 2.63 bits per heavy atom. The first kappa shape index (κ1) is 17.2. The van der Waals surface area contributed by atoms with Crippen molar-refractivity contribution < 1.29 is 14.3 Å². The molecule has 4 nitrogen and oxygen atoms in total. The molecule has 4 rings (SSSR count). The van der Waals surface area contributed by atoms with Gasteiger partial charge in [0.1, 0.15) is 12.4 Å². The number of carbonyl (C=O) groups excluding carboxylic acids is 1. The Morgan fingerprint density at radius 2 is 1.89 bits per heavy atom. The molecule has 1 aromatic heterocycles. The fourth-order valence-electron chi connectivity index (χ4n) is 2.67. The summed E-state index contributed by atoms with van der Waals surface area (Å²) in [5.41, 5.74) is 3.53. The van der Waals surface area contributed by atoms with Crippen LogP contribution in [-0.4, -0.2) is 11.9 Å². The van der Waals surface area contributed by atoms with Crippen molar-refractivity contribution in [1.82, 2.24) is 0 Å². The number of esters is 1. The molecule has 5 heteroatoms. The van der Waals surface area contributed by atoms with Crippen molar-refractivity contribution >= 4 is 29.3 Å². The van der Waals surface area contributed by atoms with Crippen LogP contribution in [0, 0.1) is 6.92 Å². The van der Waals surface area contributed by atoms with Gasteiger partial charge in [0, 0.05) is 0 Å². The van der Waals surface area contributed by atoms with Crippen LogP contribution in [0.4, 0.5) is 0 Å². The second kappa shape index (κ2) is 7.60. The number of rotatable bonds is 5. The number of benzene rings is 2. The summed E-state index contributed by atoms with van der Waals surface area (Å²) in [4.78, 5) is 17.2. The Hall–Kier alpha value is -3.18. The van der Waals surface area contributed by atoms with Gasteiger partial charge in [-0.05, 0) is 53.3 Å². The van der Waals surface area contributed by atoms with Gasteiger partial charge in [-0.2, -0.15) is 0 Å². The number of aryl methyl sites for hydroxylation is 1. The molecular formula is C22H17NO3S. The van der Waals surface area contributed by atoms with E-state index in [1.54, 1.807) is 6.08 Å². The third-order valence-corrected chi connectivity index (χ3v) is 5.05. The normalized spacial score (nSPS) is 14.9. The molecular weight excluding hydrogens is 358 g/mol. The lowest BCUT2D eigenvalue weighted by molar-refractivity contribution is -0.129. The third kappa shape index (κ3) is 3.99. The molecule has 0 bridgehead atoms. The van der Waals surface area contributed by atoms with Crippen LogP contribution in [-0.2, 0) is 16.1 Å². The number of hydrogen-bond donors (Lipinski definition) is 0. The molecule has 0 unspecified atom stereocenters. The van der Waals surface area contributed by atoms with E-state index >= 15 is 0 Å². The molecule has 27 heavy (non-hydrogen) atoms. The summed E-state index contributed by atoms with van der Waals surface area (Å²) < 4.78 is 11.1. The molecule has 0 amide bonds. The van der Waals surface area contributed by atoms with Gasteiger partial charge in [0.25, 0.3) is 0 Å². The topological polar surface area (TPSA) is 47.9 Å². The SMILES string of the molecule is Cc1ccccc1COc1ccc(/C=C2\N=C(c3cccs3)OC2=O)cc1. The molecule has 0 saturated heterocycles. The molecule has 134 valence electrons. The first-order chi connectivity index (χ1) is 13.2. The van der Waals surface area contributed by atoms with Crippen molar-refractivity contribution in [1.29, 1.82) is 0 Å². The molecule has 2 aromatic carbocycles. The minimum Gasteiger partial charge on any atom is -0.489 e. The summed E-state index contributed by atoms with van der Waals surface area (Å²) in [6, 6.07) is 19.5. The first-order valence-corrected chi connectivity index (χ1v) is 9.41. The van der Waals surface area contributed by atoms with Gasteiger partial charge in [0.05, 0.1) is 4.88 Å². The summed E-state index contributed by atoms with van der Waals surface area (Å²) in [5.74, 6) is 0.704. The van der Waals surface area contributed by atoms with Crippen LogP contribution < -0.4 is 4.74 Å². The Balaban J connectivity index is 1.45. The second-order valence-corrected chi connectivity index (χ2v) is 7.05. The van der Waals surface area contributed by atoms with E-state index in [-0.39, 0.29) is 0 Å². The number of cyclic esters (lactones) is 1. The molecule has 0 atom stereocenters. The molecule has 0 fully saturated rings. The molecule has 3 aromatic rings. The molecule has 1 aliphatic rings. The predicted octanol–water partition coefficient (Wildman–Crippen LogP) is 4.98. The van der Waals surface area contributed by atoms with Crippen LogP contribution in [0.1, 0.15) is 21.6 Å². The number of hydrogen-bond acceptors (Lipinski definition) is 5. The smallest absolute Gasteiger partial charge is 0.363 e. The third-order valence-electron chi connectivity index (χ3n) is 4.19. The maximum Gasteiger partial charge on any atom is 0.363 e. The molecule has 0 N–H and O–H groups in total. The zero-order valence-electron chi connectivity index (χ0n) is 14.7. The molecule has 0 radical (unpaired) electrons. The van der Waals surface area contributed by atoms with Crippen LogP contribution in [0.5, 0.6) is 5.75 Å². The maximum atomic E-state index is 12.0. The van der Waals surface area contributed by atoms with Gasteiger partial charge < -0.3 is 9.47 Å². The zero-order valence-corrected chi connectivity index (χ0v) is 15.5. The predicted molar refractivity (Wildman–Crippen MR) is 107 cm³/mol. The van der Waals surface area contributed by atoms with Crippen LogP contribution in [0.25, 0.3) is 6.08 Å². The van der Waals surface area contributed by atoms with Crippen LogP contribution in [0.3, 0.4) is 0 Å². The van der Waals surface area contributed by atoms with Crippen LogP contribution >= 0.6 is 11.3 Å². The Morgan fingerprint density at radius 1 is 1.07 bits per heavy atom. The number of aliphatic imine (C=N–C) groups is 1. The number of ether oxygens (including phenoxy) is 2. The molecule has 0 spiro atoms. The minimum absolute atomic E-state index is 0.298. The highest BCUT2D eigenvalue weighted by Gasteiger charge is 2.24. The summed E-state index contributed by atoms with van der Waals surface area (Å²) in [6.45, 7) is 2.59. The van der Waals surface area contributed by atoms with E-state index in [2.05, 4.69) is 24.0 Å². The maximum absolute atomic E-state index is 12.0.